The number of sulfonamides is 1. The lowest BCUT2D eigenvalue weighted by Crippen LogP contribution is -2.23. The Balaban J connectivity index is 3.16. The highest BCUT2D eigenvalue weighted by Crippen LogP contribution is 2.20. The molecule has 19 heavy (non-hydrogen) atoms. The summed E-state index contributed by atoms with van der Waals surface area (Å²) in [4.78, 5) is -0.00386. The number of nitriles is 2. The van der Waals surface area contributed by atoms with Crippen LogP contribution in [0.15, 0.2) is 34.3 Å². The van der Waals surface area contributed by atoms with Crippen molar-refractivity contribution >= 4 is 21.4 Å². The Labute approximate surface area is 111 Å². The molecule has 0 heterocycles. The van der Waals surface area contributed by atoms with Gasteiger partial charge in [0.2, 0.25) is 15.7 Å². The first-order valence-electron chi connectivity index (χ1n) is 5.27. The van der Waals surface area contributed by atoms with E-state index in [2.05, 4.69) is 15.2 Å². The molecule has 0 saturated carbocycles. The summed E-state index contributed by atoms with van der Waals surface area (Å²) < 4.78 is 26.2. The zero-order valence-electron chi connectivity index (χ0n) is 10.1. The summed E-state index contributed by atoms with van der Waals surface area (Å²) in [6, 6.07) is 9.19. The van der Waals surface area contributed by atoms with Crippen LogP contribution in [0.2, 0.25) is 0 Å². The average Bonchev–Trinajstić information content (AvgIpc) is 2.40. The average molecular weight is 277 g/mol. The fourth-order valence-electron chi connectivity index (χ4n) is 1.25. The normalized spacial score (nSPS) is 10.1. The number of hydrogen-bond donors (Lipinski definition) is 2. The molecule has 1 rings (SSSR count). The largest absolute Gasteiger partial charge is 0.275 e. The van der Waals surface area contributed by atoms with Crippen molar-refractivity contribution in [3.63, 3.8) is 0 Å². The third kappa shape index (κ3) is 3.78. The molecule has 0 amide bonds. The van der Waals surface area contributed by atoms with Crippen LogP contribution in [0.3, 0.4) is 0 Å². The highest BCUT2D eigenvalue weighted by molar-refractivity contribution is 7.89. The van der Waals surface area contributed by atoms with E-state index in [1.807, 2.05) is 0 Å². The lowest BCUT2D eigenvalue weighted by Gasteiger charge is -2.09. The predicted molar refractivity (Wildman–Crippen MR) is 69.6 cm³/mol. The second kappa shape index (κ2) is 6.50. The first-order chi connectivity index (χ1) is 9.05. The van der Waals surface area contributed by atoms with Crippen LogP contribution < -0.4 is 10.1 Å². The minimum absolute atomic E-state index is 0.00386. The number of nitrogens with one attached hydrogen (secondary N) is 2. The van der Waals surface area contributed by atoms with E-state index in [0.29, 0.717) is 0 Å². The van der Waals surface area contributed by atoms with Gasteiger partial charge in [-0.2, -0.15) is 15.6 Å². The SMILES string of the molecule is CCNS(=O)(=O)c1ccccc1NN=C(C#N)C#N. The number of para-hydroxylation sites is 1. The quantitative estimate of drug-likeness (QED) is 0.609. The van der Waals surface area contributed by atoms with E-state index in [9.17, 15) is 8.42 Å². The zero-order valence-corrected chi connectivity index (χ0v) is 10.9. The summed E-state index contributed by atoms with van der Waals surface area (Å²) in [6.45, 7) is 1.91. The van der Waals surface area contributed by atoms with Gasteiger partial charge in [0.15, 0.2) is 0 Å². The summed E-state index contributed by atoms with van der Waals surface area (Å²) in [7, 11) is -3.65. The van der Waals surface area contributed by atoms with Gasteiger partial charge in [0, 0.05) is 6.54 Å². The van der Waals surface area contributed by atoms with Crippen LogP contribution in [0, 0.1) is 22.7 Å². The maximum absolute atomic E-state index is 11.9. The number of hydrazone groups is 1. The van der Waals surface area contributed by atoms with Gasteiger partial charge >= 0.3 is 0 Å². The predicted octanol–water partition coefficient (Wildman–Crippen LogP) is 0.800. The molecule has 0 aliphatic carbocycles. The number of benzene rings is 1. The number of anilines is 1. The van der Waals surface area contributed by atoms with Crippen LogP contribution in [0.4, 0.5) is 5.69 Å². The Kier molecular flexibility index (Phi) is 5.01. The summed E-state index contributed by atoms with van der Waals surface area (Å²) in [5.74, 6) is 0. The maximum Gasteiger partial charge on any atom is 0.242 e. The van der Waals surface area contributed by atoms with E-state index in [0.717, 1.165) is 0 Å². The second-order valence-electron chi connectivity index (χ2n) is 3.29. The fourth-order valence-corrected chi connectivity index (χ4v) is 2.45. The Morgan fingerprint density at radius 2 is 1.95 bits per heavy atom. The van der Waals surface area contributed by atoms with Crippen molar-refractivity contribution in [1.29, 1.82) is 10.5 Å². The molecule has 0 aliphatic heterocycles. The maximum atomic E-state index is 11.9. The Morgan fingerprint density at radius 1 is 1.32 bits per heavy atom. The molecule has 0 spiro atoms. The van der Waals surface area contributed by atoms with Crippen LogP contribution in [0.25, 0.3) is 0 Å². The third-order valence-electron chi connectivity index (χ3n) is 2.01. The van der Waals surface area contributed by atoms with E-state index in [-0.39, 0.29) is 17.1 Å². The minimum atomic E-state index is -3.65. The summed E-state index contributed by atoms with van der Waals surface area (Å²) in [5.41, 5.74) is 2.20. The van der Waals surface area contributed by atoms with Crippen LogP contribution in [-0.4, -0.2) is 20.7 Å². The van der Waals surface area contributed by atoms with Crippen LogP contribution in [-0.2, 0) is 10.0 Å². The minimum Gasteiger partial charge on any atom is -0.275 e. The van der Waals surface area contributed by atoms with Gasteiger partial charge in [-0.15, -0.1) is 0 Å². The second-order valence-corrected chi connectivity index (χ2v) is 5.03. The molecule has 98 valence electrons. The lowest BCUT2D eigenvalue weighted by molar-refractivity contribution is 0.584. The third-order valence-corrected chi connectivity index (χ3v) is 3.61. The fraction of sp³-hybridized carbons (Fsp3) is 0.182. The van der Waals surface area contributed by atoms with Gasteiger partial charge in [0.05, 0.1) is 5.69 Å². The van der Waals surface area contributed by atoms with Gasteiger partial charge in [-0.25, -0.2) is 13.1 Å². The smallest absolute Gasteiger partial charge is 0.242 e. The molecule has 0 bridgehead atoms. The molecule has 0 atom stereocenters. The molecule has 1 aromatic carbocycles. The molecular formula is C11H11N5O2S. The van der Waals surface area contributed by atoms with Crippen LogP contribution in [0.1, 0.15) is 6.92 Å². The van der Waals surface area contributed by atoms with E-state index in [1.54, 1.807) is 31.2 Å². The summed E-state index contributed by atoms with van der Waals surface area (Å²) in [5, 5.41) is 20.6. The van der Waals surface area contributed by atoms with Crippen molar-refractivity contribution in [3.05, 3.63) is 24.3 Å². The van der Waals surface area contributed by atoms with Crippen molar-refractivity contribution < 1.29 is 8.42 Å². The standard InChI is InChI=1S/C11H11N5O2S/c1-2-14-19(17,18)11-6-4-3-5-10(11)16-15-9(7-12)8-13/h3-6,14,16H,2H2,1H3. The first kappa shape index (κ1) is 14.6. The molecular weight excluding hydrogens is 266 g/mol. The molecule has 0 aliphatic rings. The van der Waals surface area contributed by atoms with Gasteiger partial charge in [0.1, 0.15) is 17.0 Å². The van der Waals surface area contributed by atoms with Crippen molar-refractivity contribution in [3.8, 4) is 12.1 Å². The summed E-state index contributed by atoms with van der Waals surface area (Å²) in [6.07, 6.45) is 0. The molecule has 7 nitrogen and oxygen atoms in total. The molecule has 0 unspecified atom stereocenters. The highest BCUT2D eigenvalue weighted by atomic mass is 32.2. The van der Waals surface area contributed by atoms with E-state index in [1.165, 1.54) is 12.1 Å². The van der Waals surface area contributed by atoms with Gasteiger partial charge < -0.3 is 0 Å². The van der Waals surface area contributed by atoms with Gasteiger partial charge in [-0.3, -0.25) is 5.43 Å². The van der Waals surface area contributed by atoms with E-state index >= 15 is 0 Å². The Bertz CT molecular complexity index is 651. The van der Waals surface area contributed by atoms with E-state index < -0.39 is 15.7 Å². The monoisotopic (exact) mass is 277 g/mol. The van der Waals surface area contributed by atoms with Gasteiger partial charge in [-0.1, -0.05) is 19.1 Å². The van der Waals surface area contributed by atoms with Crippen molar-refractivity contribution in [2.24, 2.45) is 5.10 Å². The number of nitrogens with zero attached hydrogens (tertiary/aromatic N) is 3. The van der Waals surface area contributed by atoms with Crippen molar-refractivity contribution in [2.75, 3.05) is 12.0 Å². The van der Waals surface area contributed by atoms with Gasteiger partial charge in [-0.05, 0) is 12.1 Å². The van der Waals surface area contributed by atoms with Gasteiger partial charge in [0.25, 0.3) is 0 Å². The lowest BCUT2D eigenvalue weighted by atomic mass is 10.3. The molecule has 0 aromatic heterocycles. The topological polar surface area (TPSA) is 118 Å². The van der Waals surface area contributed by atoms with Crippen molar-refractivity contribution in [2.45, 2.75) is 11.8 Å². The zero-order chi connectivity index (χ0) is 14.3. The van der Waals surface area contributed by atoms with Crippen LogP contribution in [0.5, 0.6) is 0 Å². The van der Waals surface area contributed by atoms with Crippen LogP contribution >= 0.6 is 0 Å². The van der Waals surface area contributed by atoms with E-state index in [4.69, 9.17) is 10.5 Å². The highest BCUT2D eigenvalue weighted by Gasteiger charge is 2.16. The first-order valence-corrected chi connectivity index (χ1v) is 6.76. The Hall–Kier alpha value is -2.42. The molecule has 1 aromatic rings. The summed E-state index contributed by atoms with van der Waals surface area (Å²) >= 11 is 0. The Morgan fingerprint density at radius 3 is 2.53 bits per heavy atom. The molecule has 0 radical (unpaired) electrons. The molecule has 0 fully saturated rings. The number of rotatable bonds is 5. The molecule has 2 N–H and O–H groups in total. The number of hydrogen-bond acceptors (Lipinski definition) is 6. The molecule has 8 heteroatoms. The molecule has 0 saturated heterocycles. The van der Waals surface area contributed by atoms with Crippen molar-refractivity contribution in [1.82, 2.24) is 4.72 Å².